The van der Waals surface area contributed by atoms with Crippen LogP contribution >= 0.6 is 11.3 Å². The summed E-state index contributed by atoms with van der Waals surface area (Å²) < 4.78 is 38.6. The standard InChI is InChI=1S/C19H19N5.C16H16F3N5S/c1-13(2)22-19-23-17-6-4-3-5-16(17)18(24-19)21-12-15-9-7-14(11-20)8-10-15;1-9(2)22-15-23-11-5-6-25-13(11)14(24-15)21-8-10-3-4-12(20-7-10)16(17,18)19/h3-10,13H,12H2,1-2H3,(H2,21,22,23,24);3-7,9H,8H2,1-2H3,(H2,21,22,23,24). The molecule has 49 heavy (non-hydrogen) atoms. The number of hydrogen-bond donors (Lipinski definition) is 4. The molecule has 252 valence electrons. The van der Waals surface area contributed by atoms with Crippen LogP contribution in [0.3, 0.4) is 0 Å². The van der Waals surface area contributed by atoms with Gasteiger partial charge in [0.25, 0.3) is 0 Å². The molecule has 0 atom stereocenters. The normalized spacial score (nSPS) is 11.3. The van der Waals surface area contributed by atoms with Crippen LogP contribution in [-0.2, 0) is 19.3 Å². The zero-order valence-electron chi connectivity index (χ0n) is 27.3. The maximum atomic E-state index is 12.6. The van der Waals surface area contributed by atoms with Crippen LogP contribution in [0.15, 0.2) is 78.3 Å². The van der Waals surface area contributed by atoms with Gasteiger partial charge in [0.2, 0.25) is 11.9 Å². The van der Waals surface area contributed by atoms with Crippen molar-refractivity contribution >= 4 is 56.0 Å². The van der Waals surface area contributed by atoms with Gasteiger partial charge in [0, 0.05) is 36.8 Å². The van der Waals surface area contributed by atoms with Crippen molar-refractivity contribution in [2.75, 3.05) is 21.3 Å². The Kier molecular flexibility index (Phi) is 11.0. The molecule has 0 saturated carbocycles. The average Bonchev–Trinajstić information content (AvgIpc) is 3.55. The van der Waals surface area contributed by atoms with Gasteiger partial charge < -0.3 is 21.3 Å². The Morgan fingerprint density at radius 1 is 0.735 bits per heavy atom. The van der Waals surface area contributed by atoms with Crippen LogP contribution in [0.1, 0.15) is 50.1 Å². The van der Waals surface area contributed by atoms with E-state index in [1.165, 1.54) is 23.6 Å². The molecule has 4 N–H and O–H groups in total. The number of anilines is 4. The summed E-state index contributed by atoms with van der Waals surface area (Å²) in [5.74, 6) is 2.57. The molecule has 14 heteroatoms. The van der Waals surface area contributed by atoms with E-state index in [4.69, 9.17) is 5.26 Å². The molecule has 6 rings (SSSR count). The molecule has 0 bridgehead atoms. The molecule has 6 aromatic rings. The lowest BCUT2D eigenvalue weighted by molar-refractivity contribution is -0.141. The number of nitriles is 1. The first-order valence-electron chi connectivity index (χ1n) is 15.5. The quantitative estimate of drug-likeness (QED) is 0.111. The smallest absolute Gasteiger partial charge is 0.365 e. The van der Waals surface area contributed by atoms with E-state index in [1.807, 2.05) is 73.8 Å². The number of fused-ring (bicyclic) bond motifs is 2. The minimum absolute atomic E-state index is 0.183. The van der Waals surface area contributed by atoms with Crippen LogP contribution in [0.5, 0.6) is 0 Å². The van der Waals surface area contributed by atoms with E-state index in [2.05, 4.69) is 66.1 Å². The highest BCUT2D eigenvalue weighted by Gasteiger charge is 2.32. The second-order valence-corrected chi connectivity index (χ2v) is 12.5. The number of alkyl halides is 3. The fourth-order valence-corrected chi connectivity index (χ4v) is 5.40. The maximum Gasteiger partial charge on any atom is 0.433 e. The third-order valence-electron chi connectivity index (χ3n) is 6.86. The number of nitrogens with one attached hydrogen (secondary N) is 4. The van der Waals surface area contributed by atoms with Crippen molar-refractivity contribution in [2.24, 2.45) is 0 Å². The van der Waals surface area contributed by atoms with Crippen LogP contribution in [0.4, 0.5) is 36.7 Å². The molecule has 0 radical (unpaired) electrons. The molecule has 0 saturated heterocycles. The largest absolute Gasteiger partial charge is 0.433 e. The van der Waals surface area contributed by atoms with Crippen molar-refractivity contribution in [3.63, 3.8) is 0 Å². The highest BCUT2D eigenvalue weighted by Crippen LogP contribution is 2.29. The monoisotopic (exact) mass is 684 g/mol. The van der Waals surface area contributed by atoms with Crippen molar-refractivity contribution in [1.29, 1.82) is 5.26 Å². The van der Waals surface area contributed by atoms with Gasteiger partial charge in [0.1, 0.15) is 17.3 Å². The maximum absolute atomic E-state index is 12.6. The van der Waals surface area contributed by atoms with Gasteiger partial charge in [-0.25, -0.2) is 9.97 Å². The van der Waals surface area contributed by atoms with E-state index in [0.717, 1.165) is 38.6 Å². The number of benzene rings is 2. The molecular formula is C35H35F3N10S. The van der Waals surface area contributed by atoms with Crippen molar-refractivity contribution in [2.45, 2.75) is 59.0 Å². The third kappa shape index (κ3) is 9.51. The fraction of sp³-hybridized carbons (Fsp3) is 0.257. The van der Waals surface area contributed by atoms with Crippen molar-refractivity contribution < 1.29 is 13.2 Å². The Balaban J connectivity index is 0.000000191. The SMILES string of the molecule is CC(C)Nc1nc(NCc2ccc(C#N)cc2)c2ccccc2n1.CC(C)Nc1nc(NCc2ccc(C(F)(F)F)nc2)c2sccc2n1. The Morgan fingerprint density at radius 3 is 1.98 bits per heavy atom. The van der Waals surface area contributed by atoms with Gasteiger partial charge in [0.05, 0.1) is 27.4 Å². The molecule has 4 heterocycles. The highest BCUT2D eigenvalue weighted by atomic mass is 32.1. The van der Waals surface area contributed by atoms with E-state index >= 15 is 0 Å². The molecule has 0 spiro atoms. The van der Waals surface area contributed by atoms with Gasteiger partial charge in [0.15, 0.2) is 0 Å². The Morgan fingerprint density at radius 2 is 1.35 bits per heavy atom. The molecule has 0 amide bonds. The third-order valence-corrected chi connectivity index (χ3v) is 7.77. The summed E-state index contributed by atoms with van der Waals surface area (Å²) in [6.45, 7) is 9.04. The Hall–Kier alpha value is -5.55. The van der Waals surface area contributed by atoms with E-state index in [-0.39, 0.29) is 12.1 Å². The molecule has 0 aliphatic carbocycles. The molecule has 2 aromatic carbocycles. The van der Waals surface area contributed by atoms with Crippen LogP contribution in [-0.4, -0.2) is 37.0 Å². The van der Waals surface area contributed by atoms with Gasteiger partial charge in [-0.3, -0.25) is 4.98 Å². The van der Waals surface area contributed by atoms with E-state index in [1.54, 1.807) is 0 Å². The van der Waals surface area contributed by atoms with Crippen LogP contribution in [0.25, 0.3) is 21.1 Å². The lowest BCUT2D eigenvalue weighted by Crippen LogP contribution is -2.14. The second-order valence-electron chi connectivity index (χ2n) is 11.6. The van der Waals surface area contributed by atoms with Gasteiger partial charge in [-0.05, 0) is 80.6 Å². The molecule has 10 nitrogen and oxygen atoms in total. The molecule has 0 aliphatic heterocycles. The fourth-order valence-electron chi connectivity index (χ4n) is 4.61. The first-order chi connectivity index (χ1) is 23.5. The number of rotatable bonds is 10. The number of pyridine rings is 1. The predicted molar refractivity (Wildman–Crippen MR) is 190 cm³/mol. The average molecular weight is 685 g/mol. The zero-order chi connectivity index (χ0) is 35.0. The van der Waals surface area contributed by atoms with E-state index < -0.39 is 11.9 Å². The summed E-state index contributed by atoms with van der Waals surface area (Å²) in [5.41, 5.74) is 3.20. The summed E-state index contributed by atoms with van der Waals surface area (Å²) in [7, 11) is 0. The number of aromatic nitrogens is 5. The van der Waals surface area contributed by atoms with E-state index in [0.29, 0.717) is 41.9 Å². The molecular weight excluding hydrogens is 650 g/mol. The van der Waals surface area contributed by atoms with E-state index in [9.17, 15) is 13.2 Å². The Bertz CT molecular complexity index is 2040. The van der Waals surface area contributed by atoms with Crippen molar-refractivity contribution in [1.82, 2.24) is 24.9 Å². The number of hydrogen-bond acceptors (Lipinski definition) is 11. The van der Waals surface area contributed by atoms with Gasteiger partial charge in [-0.2, -0.15) is 28.4 Å². The van der Waals surface area contributed by atoms with Crippen LogP contribution in [0, 0.1) is 11.3 Å². The lowest BCUT2D eigenvalue weighted by Gasteiger charge is -2.13. The molecule has 0 aliphatic rings. The van der Waals surface area contributed by atoms with Gasteiger partial charge >= 0.3 is 6.18 Å². The molecule has 4 aromatic heterocycles. The second kappa shape index (κ2) is 15.6. The van der Waals surface area contributed by atoms with Crippen molar-refractivity contribution in [3.05, 3.63) is 101 Å². The summed E-state index contributed by atoms with van der Waals surface area (Å²) in [6.07, 6.45) is -3.21. The lowest BCUT2D eigenvalue weighted by atomic mass is 10.1. The number of para-hydroxylation sites is 1. The summed E-state index contributed by atoms with van der Waals surface area (Å²) in [5, 5.41) is 24.7. The number of halogens is 3. The van der Waals surface area contributed by atoms with Crippen LogP contribution < -0.4 is 21.3 Å². The first-order valence-corrected chi connectivity index (χ1v) is 16.4. The summed E-state index contributed by atoms with van der Waals surface area (Å²) in [6, 6.07) is 22.3. The minimum atomic E-state index is -4.43. The number of nitrogens with zero attached hydrogens (tertiary/aromatic N) is 6. The summed E-state index contributed by atoms with van der Waals surface area (Å²) in [4.78, 5) is 21.5. The van der Waals surface area contributed by atoms with Crippen LogP contribution in [0.2, 0.25) is 0 Å². The topological polar surface area (TPSA) is 136 Å². The predicted octanol–water partition coefficient (Wildman–Crippen LogP) is 8.47. The highest BCUT2D eigenvalue weighted by molar-refractivity contribution is 7.17. The minimum Gasteiger partial charge on any atom is -0.365 e. The molecule has 0 fully saturated rings. The van der Waals surface area contributed by atoms with Gasteiger partial charge in [-0.1, -0.05) is 30.3 Å². The zero-order valence-corrected chi connectivity index (χ0v) is 28.1. The van der Waals surface area contributed by atoms with Gasteiger partial charge in [-0.15, -0.1) is 11.3 Å². The summed E-state index contributed by atoms with van der Waals surface area (Å²) >= 11 is 1.50. The van der Waals surface area contributed by atoms with Crippen molar-refractivity contribution in [3.8, 4) is 6.07 Å². The first kappa shape index (κ1) is 34.8. The number of thiophene rings is 1. The Labute approximate surface area is 285 Å². The molecule has 0 unspecified atom stereocenters.